The second kappa shape index (κ2) is 9.45. The number of nitrogens with one attached hydrogen (secondary N) is 1. The molecular formula is C24H30N2O2. The van der Waals surface area contributed by atoms with Crippen molar-refractivity contribution in [3.05, 3.63) is 65.7 Å². The molecule has 0 saturated carbocycles. The molecule has 0 radical (unpaired) electrons. The number of hydrogen-bond donors (Lipinski definition) is 1. The summed E-state index contributed by atoms with van der Waals surface area (Å²) < 4.78 is 5.14. The summed E-state index contributed by atoms with van der Waals surface area (Å²) in [6.07, 6.45) is 5.96. The fraction of sp³-hybridized carbons (Fsp3) is 0.375. The summed E-state index contributed by atoms with van der Waals surface area (Å²) in [4.78, 5) is 14.7. The molecule has 1 aliphatic rings. The van der Waals surface area contributed by atoms with Crippen molar-refractivity contribution < 1.29 is 9.53 Å². The summed E-state index contributed by atoms with van der Waals surface area (Å²) in [7, 11) is 1.64. The normalized spacial score (nSPS) is 18.1. The molecule has 1 heterocycles. The first-order valence-corrected chi connectivity index (χ1v) is 10.0. The zero-order valence-corrected chi connectivity index (χ0v) is 17.0. The average molecular weight is 379 g/mol. The number of amides is 1. The molecule has 1 amide bonds. The number of carbonyl (C=O) groups is 1. The predicted molar refractivity (Wildman–Crippen MR) is 116 cm³/mol. The van der Waals surface area contributed by atoms with Gasteiger partial charge in [-0.15, -0.1) is 0 Å². The number of methoxy groups -OCH3 is 1. The maximum absolute atomic E-state index is 12.2. The first-order chi connectivity index (χ1) is 13.5. The second-order valence-electron chi connectivity index (χ2n) is 7.62. The van der Waals surface area contributed by atoms with Crippen LogP contribution >= 0.6 is 0 Å². The van der Waals surface area contributed by atoms with Crippen LogP contribution in [0.25, 0.3) is 6.08 Å². The minimum atomic E-state index is -0.0998. The van der Waals surface area contributed by atoms with Crippen LogP contribution in [0.4, 0.5) is 5.69 Å². The molecule has 1 fully saturated rings. The van der Waals surface area contributed by atoms with Gasteiger partial charge in [-0.2, -0.15) is 0 Å². The van der Waals surface area contributed by atoms with Crippen molar-refractivity contribution in [3.8, 4) is 5.75 Å². The van der Waals surface area contributed by atoms with Gasteiger partial charge in [-0.05, 0) is 67.2 Å². The van der Waals surface area contributed by atoms with Crippen LogP contribution in [0.5, 0.6) is 5.75 Å². The minimum absolute atomic E-state index is 0.0395. The third-order valence-electron chi connectivity index (χ3n) is 5.32. The van der Waals surface area contributed by atoms with Crippen LogP contribution in [-0.4, -0.2) is 26.1 Å². The molecular weight excluding hydrogens is 348 g/mol. The largest absolute Gasteiger partial charge is 0.497 e. The number of nitrogens with zero attached hydrogens (tertiary/aromatic N) is 1. The van der Waals surface area contributed by atoms with Crippen molar-refractivity contribution in [1.82, 2.24) is 5.32 Å². The third kappa shape index (κ3) is 5.38. The number of rotatable bonds is 6. The van der Waals surface area contributed by atoms with Crippen molar-refractivity contribution in [2.24, 2.45) is 5.92 Å². The molecule has 3 rings (SSSR count). The summed E-state index contributed by atoms with van der Waals surface area (Å²) >= 11 is 0. The fourth-order valence-electron chi connectivity index (χ4n) is 3.63. The first kappa shape index (κ1) is 20.0. The Morgan fingerprint density at radius 3 is 2.54 bits per heavy atom. The Kier molecular flexibility index (Phi) is 6.75. The van der Waals surface area contributed by atoms with E-state index in [1.54, 1.807) is 13.2 Å². The van der Waals surface area contributed by atoms with Crippen molar-refractivity contribution >= 4 is 17.7 Å². The van der Waals surface area contributed by atoms with Gasteiger partial charge in [-0.3, -0.25) is 4.79 Å². The highest BCUT2D eigenvalue weighted by Gasteiger charge is 2.17. The first-order valence-electron chi connectivity index (χ1n) is 10.0. The number of carbonyl (C=O) groups excluding carboxylic acids is 1. The number of anilines is 1. The molecule has 1 aliphatic heterocycles. The Labute approximate surface area is 168 Å². The maximum Gasteiger partial charge on any atom is 0.244 e. The quantitative estimate of drug-likeness (QED) is 0.733. The van der Waals surface area contributed by atoms with E-state index in [9.17, 15) is 4.79 Å². The van der Waals surface area contributed by atoms with E-state index in [4.69, 9.17) is 4.74 Å². The van der Waals surface area contributed by atoms with Crippen molar-refractivity contribution in [2.75, 3.05) is 25.1 Å². The molecule has 4 nitrogen and oxygen atoms in total. The Hall–Kier alpha value is -2.75. The van der Waals surface area contributed by atoms with Gasteiger partial charge in [0, 0.05) is 24.9 Å². The van der Waals surface area contributed by atoms with Gasteiger partial charge in [-0.1, -0.05) is 31.2 Å². The van der Waals surface area contributed by atoms with E-state index in [1.165, 1.54) is 18.5 Å². The highest BCUT2D eigenvalue weighted by molar-refractivity contribution is 5.92. The zero-order valence-electron chi connectivity index (χ0n) is 17.0. The van der Waals surface area contributed by atoms with Crippen LogP contribution in [0.3, 0.4) is 0 Å². The lowest BCUT2D eigenvalue weighted by atomic mass is 9.99. The van der Waals surface area contributed by atoms with Gasteiger partial charge in [0.2, 0.25) is 5.91 Å². The summed E-state index contributed by atoms with van der Waals surface area (Å²) in [5.74, 6) is 1.46. The van der Waals surface area contributed by atoms with Crippen LogP contribution in [0.2, 0.25) is 0 Å². The van der Waals surface area contributed by atoms with Crippen LogP contribution in [0.15, 0.2) is 54.6 Å². The molecule has 28 heavy (non-hydrogen) atoms. The molecule has 4 heteroatoms. The summed E-state index contributed by atoms with van der Waals surface area (Å²) in [6.45, 7) is 6.59. The lowest BCUT2D eigenvalue weighted by molar-refractivity contribution is -0.117. The summed E-state index contributed by atoms with van der Waals surface area (Å²) in [5, 5.41) is 3.03. The van der Waals surface area contributed by atoms with Gasteiger partial charge in [0.05, 0.1) is 13.2 Å². The molecule has 0 aliphatic carbocycles. The Bertz CT molecular complexity index is 796. The Morgan fingerprint density at radius 1 is 1.18 bits per heavy atom. The average Bonchev–Trinajstić information content (AvgIpc) is 2.72. The van der Waals surface area contributed by atoms with Crippen LogP contribution in [-0.2, 0) is 4.79 Å². The van der Waals surface area contributed by atoms with Gasteiger partial charge in [0.1, 0.15) is 5.75 Å². The Balaban J connectivity index is 1.55. The summed E-state index contributed by atoms with van der Waals surface area (Å²) in [6, 6.07) is 16.1. The van der Waals surface area contributed by atoms with E-state index >= 15 is 0 Å². The third-order valence-corrected chi connectivity index (χ3v) is 5.32. The number of ether oxygens (including phenoxy) is 1. The monoisotopic (exact) mass is 378 g/mol. The highest BCUT2D eigenvalue weighted by atomic mass is 16.5. The van der Waals surface area contributed by atoms with Gasteiger partial charge in [0.25, 0.3) is 0 Å². The van der Waals surface area contributed by atoms with Crippen molar-refractivity contribution in [3.63, 3.8) is 0 Å². The van der Waals surface area contributed by atoms with Crippen LogP contribution in [0.1, 0.15) is 43.9 Å². The lowest BCUT2D eigenvalue weighted by Gasteiger charge is -2.33. The van der Waals surface area contributed by atoms with Gasteiger partial charge in [-0.25, -0.2) is 0 Å². The molecule has 0 unspecified atom stereocenters. The molecule has 2 atom stereocenters. The topological polar surface area (TPSA) is 41.6 Å². The van der Waals surface area contributed by atoms with E-state index in [1.807, 2.05) is 37.3 Å². The van der Waals surface area contributed by atoms with Gasteiger partial charge in [0.15, 0.2) is 0 Å². The lowest BCUT2D eigenvalue weighted by Crippen LogP contribution is -2.34. The van der Waals surface area contributed by atoms with E-state index in [-0.39, 0.29) is 11.9 Å². The Morgan fingerprint density at radius 2 is 1.89 bits per heavy atom. The maximum atomic E-state index is 12.2. The number of hydrogen-bond acceptors (Lipinski definition) is 3. The van der Waals surface area contributed by atoms with Crippen LogP contribution < -0.4 is 15.0 Å². The molecule has 0 bridgehead atoms. The molecule has 1 N–H and O–H groups in total. The molecule has 2 aromatic carbocycles. The number of benzene rings is 2. The second-order valence-corrected chi connectivity index (χ2v) is 7.62. The predicted octanol–water partition coefficient (Wildman–Crippen LogP) is 4.82. The highest BCUT2D eigenvalue weighted by Crippen LogP contribution is 2.24. The molecule has 0 aromatic heterocycles. The summed E-state index contributed by atoms with van der Waals surface area (Å²) in [5.41, 5.74) is 3.34. The van der Waals surface area contributed by atoms with Gasteiger partial charge < -0.3 is 15.0 Å². The van der Waals surface area contributed by atoms with Crippen LogP contribution in [0, 0.1) is 5.92 Å². The van der Waals surface area contributed by atoms with E-state index < -0.39 is 0 Å². The fourth-order valence-corrected chi connectivity index (χ4v) is 3.63. The van der Waals surface area contributed by atoms with E-state index in [2.05, 4.69) is 41.4 Å². The molecule has 148 valence electrons. The van der Waals surface area contributed by atoms with Gasteiger partial charge >= 0.3 is 0 Å². The zero-order chi connectivity index (χ0) is 19.9. The molecule has 0 spiro atoms. The molecule has 1 saturated heterocycles. The standard InChI is InChI=1S/C24H30N2O2/c1-18-5-4-16-26(17-18)22-11-9-21(10-12-22)19(2)25-24(27)15-8-20-6-13-23(28-3)14-7-20/h6-15,18-19H,4-5,16-17H2,1-3H3,(H,25,27)/b15-8+/t18-,19-/m0/s1. The van der Waals surface area contributed by atoms with Crippen molar-refractivity contribution in [2.45, 2.75) is 32.7 Å². The smallest absolute Gasteiger partial charge is 0.244 e. The minimum Gasteiger partial charge on any atom is -0.497 e. The number of piperidine rings is 1. The van der Waals surface area contributed by atoms with E-state index in [0.717, 1.165) is 35.9 Å². The van der Waals surface area contributed by atoms with E-state index in [0.29, 0.717) is 0 Å². The van der Waals surface area contributed by atoms with Crippen molar-refractivity contribution in [1.29, 1.82) is 0 Å². The molecule has 2 aromatic rings. The SMILES string of the molecule is COc1ccc(/C=C/C(=O)N[C@@H](C)c2ccc(N3CCC[C@H](C)C3)cc2)cc1.